The van der Waals surface area contributed by atoms with Crippen molar-refractivity contribution in [2.75, 3.05) is 0 Å². The fourth-order valence-corrected chi connectivity index (χ4v) is 32.8. The minimum absolute atomic E-state index is 0. The van der Waals surface area contributed by atoms with Crippen LogP contribution in [0.15, 0.2) is 132 Å². The Hall–Kier alpha value is -3.23. The van der Waals surface area contributed by atoms with Gasteiger partial charge >= 0.3 is 279 Å². The van der Waals surface area contributed by atoms with E-state index in [9.17, 15) is 0 Å². The number of rotatable bonds is 6. The second-order valence-electron chi connectivity index (χ2n) is 13.8. The number of hydrogen-bond donors (Lipinski definition) is 0. The Balaban J connectivity index is 0.00000182. The quantitative estimate of drug-likeness (QED) is 0.147. The average molecular weight is 832 g/mol. The van der Waals surface area contributed by atoms with Gasteiger partial charge in [-0.15, -0.1) is 24.8 Å². The monoisotopic (exact) mass is 832 g/mol. The molecule has 240 valence electrons. The fraction of sp³-hybridized carbons (Fsp3) is 0.200. The Morgan fingerprint density at radius 1 is 0.479 bits per heavy atom. The summed E-state index contributed by atoms with van der Waals surface area (Å²) in [5.41, 5.74) is 15.4. The Bertz CT molecular complexity index is 2070. The van der Waals surface area contributed by atoms with Crippen LogP contribution in [0.25, 0.3) is 56.0 Å². The van der Waals surface area contributed by atoms with Gasteiger partial charge < -0.3 is 0 Å². The summed E-state index contributed by atoms with van der Waals surface area (Å²) in [4.78, 5) is 0. The molecule has 0 aromatic heterocycles. The zero-order chi connectivity index (χ0) is 30.8. The van der Waals surface area contributed by atoms with Gasteiger partial charge in [0.25, 0.3) is 0 Å². The third kappa shape index (κ3) is 4.95. The summed E-state index contributed by atoms with van der Waals surface area (Å²) in [5, 5.41) is 5.37. The Morgan fingerprint density at radius 3 is 1.29 bits per heavy atom. The maximum Gasteiger partial charge on any atom is -0.147 e. The number of benzene rings is 6. The summed E-state index contributed by atoms with van der Waals surface area (Å²) >= 11 is -3.06. The molecule has 0 nitrogen and oxygen atoms in total. The van der Waals surface area contributed by atoms with E-state index in [0.717, 1.165) is 12.8 Å². The van der Waals surface area contributed by atoms with Crippen molar-refractivity contribution >= 4 is 58.5 Å². The van der Waals surface area contributed by atoms with E-state index in [4.69, 9.17) is 0 Å². The zero-order valence-electron chi connectivity index (χ0n) is 27.7. The molecule has 2 aliphatic carbocycles. The van der Waals surface area contributed by atoms with Gasteiger partial charge in [-0.25, -0.2) is 0 Å². The van der Waals surface area contributed by atoms with Gasteiger partial charge in [0.05, 0.1) is 0 Å². The second-order valence-corrected chi connectivity index (χ2v) is 30.4. The molecule has 3 heteroatoms. The van der Waals surface area contributed by atoms with Crippen LogP contribution in [0, 0.1) is 0 Å². The summed E-state index contributed by atoms with van der Waals surface area (Å²) in [6, 6.07) is 46.0. The van der Waals surface area contributed by atoms with E-state index < -0.39 is 20.0 Å². The molecule has 2 atom stereocenters. The minimum Gasteiger partial charge on any atom is -0.147 e. The van der Waals surface area contributed by atoms with Gasteiger partial charge in [0, 0.05) is 0 Å². The van der Waals surface area contributed by atoms with Crippen molar-refractivity contribution in [3.8, 4) is 22.3 Å². The molecule has 1 aliphatic heterocycles. The molecular weight excluding hydrogens is 790 g/mol. The van der Waals surface area contributed by atoms with Crippen molar-refractivity contribution in [2.45, 2.75) is 48.8 Å². The normalized spacial score (nSPS) is 18.6. The first kappa shape index (κ1) is 33.3. The number of hydrogen-bond acceptors (Lipinski definition) is 0. The number of halogens is 2. The van der Waals surface area contributed by atoms with E-state index in [2.05, 4.69) is 147 Å². The molecule has 0 amide bonds. The molecule has 9 rings (SSSR count). The maximum absolute atomic E-state index is 3.06. The molecule has 48 heavy (non-hydrogen) atoms. The molecule has 2 unspecified atom stereocenters. The van der Waals surface area contributed by atoms with Crippen LogP contribution in [0.1, 0.15) is 62.7 Å². The van der Waals surface area contributed by atoms with E-state index in [1.807, 2.05) is 0 Å². The van der Waals surface area contributed by atoms with Gasteiger partial charge in [-0.05, 0) is 0 Å². The van der Waals surface area contributed by atoms with Gasteiger partial charge in [0.15, 0.2) is 0 Å². The van der Waals surface area contributed by atoms with E-state index in [-0.39, 0.29) is 24.8 Å². The Labute approximate surface area is 302 Å². The van der Waals surface area contributed by atoms with Crippen molar-refractivity contribution in [3.63, 3.8) is 0 Å². The molecule has 1 saturated heterocycles. The molecule has 0 radical (unpaired) electrons. The van der Waals surface area contributed by atoms with Crippen LogP contribution in [0.2, 0.25) is 8.35 Å². The van der Waals surface area contributed by atoms with Crippen molar-refractivity contribution in [3.05, 3.63) is 155 Å². The SMILES string of the molecule is CCC1=Cc2c(-c3cccc4ccccc34)cccc2[CH]1[Hf]1([CH]2C(CC)=Cc3c(-c4cccc5ccccc45)cccc32)[CH2]C[CH2]1.Cl.Cl. The summed E-state index contributed by atoms with van der Waals surface area (Å²) in [7, 11) is 0. The number of fused-ring (bicyclic) bond motifs is 4. The van der Waals surface area contributed by atoms with Crippen LogP contribution in [-0.2, 0) is 20.0 Å². The average Bonchev–Trinajstić information content (AvgIpc) is 3.67. The zero-order valence-corrected chi connectivity index (χ0v) is 32.9. The summed E-state index contributed by atoms with van der Waals surface area (Å²) in [5.74, 6) is 0. The van der Waals surface area contributed by atoms with Crippen LogP contribution in [0.5, 0.6) is 0 Å². The second kappa shape index (κ2) is 13.2. The smallest absolute Gasteiger partial charge is 0.147 e. The van der Waals surface area contributed by atoms with Crippen molar-refractivity contribution in [1.82, 2.24) is 0 Å². The third-order valence-electron chi connectivity index (χ3n) is 11.7. The molecular formula is C45H42Cl2Hf. The van der Waals surface area contributed by atoms with E-state index in [0.29, 0.717) is 7.35 Å². The van der Waals surface area contributed by atoms with Gasteiger partial charge in [0.2, 0.25) is 0 Å². The van der Waals surface area contributed by atoms with Crippen molar-refractivity contribution < 1.29 is 20.0 Å². The van der Waals surface area contributed by atoms with E-state index in [1.54, 1.807) is 22.3 Å². The van der Waals surface area contributed by atoms with Gasteiger partial charge in [0.1, 0.15) is 0 Å². The maximum atomic E-state index is 2.65. The molecule has 1 fully saturated rings. The first-order valence-electron chi connectivity index (χ1n) is 17.3. The van der Waals surface area contributed by atoms with Gasteiger partial charge in [-0.2, -0.15) is 0 Å². The van der Waals surface area contributed by atoms with Crippen LogP contribution in [0.4, 0.5) is 0 Å². The van der Waals surface area contributed by atoms with Crippen LogP contribution in [0.3, 0.4) is 0 Å². The molecule has 1 heterocycles. The molecule has 6 aromatic rings. The minimum atomic E-state index is -3.06. The summed E-state index contributed by atoms with van der Waals surface area (Å²) in [6.45, 7) is 4.83. The first-order chi connectivity index (χ1) is 22.7. The molecule has 0 bridgehead atoms. The van der Waals surface area contributed by atoms with E-state index >= 15 is 0 Å². The van der Waals surface area contributed by atoms with Crippen LogP contribution < -0.4 is 0 Å². The molecule has 3 aliphatic rings. The third-order valence-corrected chi connectivity index (χ3v) is 34.1. The summed E-state index contributed by atoms with van der Waals surface area (Å²) in [6.07, 6.45) is 9.01. The largest absolute Gasteiger partial charge is 0.147 e. The Kier molecular flexibility index (Phi) is 9.18. The van der Waals surface area contributed by atoms with E-state index in [1.165, 1.54) is 69.7 Å². The predicted molar refractivity (Wildman–Crippen MR) is 210 cm³/mol. The standard InChI is InChI=1S/2C21H17.C3H6.2ClH.Hf/c2*1-2-15-13-17-9-6-12-20(21(17)14-15)19-11-5-8-16-7-3-4-10-18(16)19;1-3-2;;;/h2*3-14H,2H2,1H3;1-3H2;2*1H;. The molecule has 0 spiro atoms. The topological polar surface area (TPSA) is 0 Å². The van der Waals surface area contributed by atoms with Gasteiger partial charge in [-0.3, -0.25) is 0 Å². The van der Waals surface area contributed by atoms with Crippen molar-refractivity contribution in [1.29, 1.82) is 0 Å². The number of allylic oxidation sites excluding steroid dienone is 2. The molecule has 0 saturated carbocycles. The molecule has 0 N–H and O–H groups in total. The first-order valence-corrected chi connectivity index (χ1v) is 26.6. The van der Waals surface area contributed by atoms with Crippen LogP contribution >= 0.6 is 24.8 Å². The fourth-order valence-electron chi connectivity index (χ4n) is 9.62. The van der Waals surface area contributed by atoms with Crippen molar-refractivity contribution in [2.24, 2.45) is 0 Å². The predicted octanol–water partition coefficient (Wildman–Crippen LogP) is 14.0. The van der Waals surface area contributed by atoms with Gasteiger partial charge in [-0.1, -0.05) is 0 Å². The molecule has 6 aromatic carbocycles. The van der Waals surface area contributed by atoms with Crippen LogP contribution in [-0.4, -0.2) is 0 Å². The summed E-state index contributed by atoms with van der Waals surface area (Å²) < 4.78 is 4.35. The Morgan fingerprint density at radius 2 is 0.875 bits per heavy atom.